The van der Waals surface area contributed by atoms with Crippen LogP contribution in [0.25, 0.3) is 0 Å². The van der Waals surface area contributed by atoms with Crippen molar-refractivity contribution in [3.8, 4) is 0 Å². The molecule has 1 rings (SSSR count). The Kier molecular flexibility index (Phi) is 6.38. The van der Waals surface area contributed by atoms with Crippen molar-refractivity contribution < 1.29 is 0 Å². The molecular weight excluding hydrogens is 218 g/mol. The third-order valence-corrected chi connectivity index (χ3v) is 3.34. The maximum atomic E-state index is 4.36. The Labute approximate surface area is 103 Å². The average molecular weight is 241 g/mol. The Balaban J connectivity index is 2.48. The predicted octanol–water partition coefficient (Wildman–Crippen LogP) is 3.41. The molecule has 4 heteroatoms. The van der Waals surface area contributed by atoms with E-state index in [0.717, 1.165) is 12.5 Å². The SMILES string of the molecule is CCCCNc1nccn1C(C)CCSC. The molecule has 1 atom stereocenters. The van der Waals surface area contributed by atoms with Gasteiger partial charge in [-0.1, -0.05) is 13.3 Å². The molecule has 0 radical (unpaired) electrons. The van der Waals surface area contributed by atoms with Crippen molar-refractivity contribution in [1.29, 1.82) is 0 Å². The second-order valence-corrected chi connectivity index (χ2v) is 5.05. The Morgan fingerprint density at radius 3 is 3.06 bits per heavy atom. The third-order valence-electron chi connectivity index (χ3n) is 2.70. The van der Waals surface area contributed by atoms with Gasteiger partial charge >= 0.3 is 0 Å². The molecule has 0 aliphatic heterocycles. The van der Waals surface area contributed by atoms with Crippen molar-refractivity contribution in [1.82, 2.24) is 9.55 Å². The summed E-state index contributed by atoms with van der Waals surface area (Å²) < 4.78 is 2.24. The van der Waals surface area contributed by atoms with Crippen LogP contribution in [0.15, 0.2) is 12.4 Å². The fourth-order valence-electron chi connectivity index (χ4n) is 1.61. The molecule has 1 heterocycles. The quantitative estimate of drug-likeness (QED) is 0.707. The number of rotatable bonds is 8. The van der Waals surface area contributed by atoms with Crippen molar-refractivity contribution in [3.05, 3.63) is 12.4 Å². The first-order valence-corrected chi connectivity index (χ1v) is 7.44. The zero-order valence-corrected chi connectivity index (χ0v) is 11.4. The van der Waals surface area contributed by atoms with Crippen LogP contribution in [0.3, 0.4) is 0 Å². The summed E-state index contributed by atoms with van der Waals surface area (Å²) in [6, 6.07) is 0.527. The van der Waals surface area contributed by atoms with Gasteiger partial charge in [0, 0.05) is 25.0 Å². The van der Waals surface area contributed by atoms with Crippen LogP contribution >= 0.6 is 11.8 Å². The Morgan fingerprint density at radius 1 is 1.56 bits per heavy atom. The molecule has 0 aliphatic carbocycles. The summed E-state index contributed by atoms with van der Waals surface area (Å²) in [5, 5.41) is 3.40. The van der Waals surface area contributed by atoms with Crippen LogP contribution < -0.4 is 5.32 Å². The zero-order valence-electron chi connectivity index (χ0n) is 10.6. The number of unbranched alkanes of at least 4 members (excludes halogenated alkanes) is 1. The van der Waals surface area contributed by atoms with Gasteiger partial charge in [0.1, 0.15) is 0 Å². The van der Waals surface area contributed by atoms with Crippen LogP contribution in [-0.2, 0) is 0 Å². The normalized spacial score (nSPS) is 12.7. The summed E-state index contributed by atoms with van der Waals surface area (Å²) >= 11 is 1.90. The highest BCUT2D eigenvalue weighted by atomic mass is 32.2. The highest BCUT2D eigenvalue weighted by Crippen LogP contribution is 2.18. The summed E-state index contributed by atoms with van der Waals surface area (Å²) in [5.74, 6) is 2.22. The van der Waals surface area contributed by atoms with Gasteiger partial charge in [-0.2, -0.15) is 11.8 Å². The number of hydrogen-bond acceptors (Lipinski definition) is 3. The van der Waals surface area contributed by atoms with Crippen LogP contribution in [0.4, 0.5) is 5.95 Å². The molecule has 3 nitrogen and oxygen atoms in total. The topological polar surface area (TPSA) is 29.9 Å². The molecule has 0 amide bonds. The molecule has 0 aliphatic rings. The predicted molar refractivity (Wildman–Crippen MR) is 73.3 cm³/mol. The van der Waals surface area contributed by atoms with Crippen molar-refractivity contribution in [2.45, 2.75) is 39.2 Å². The molecule has 1 aromatic heterocycles. The van der Waals surface area contributed by atoms with E-state index in [-0.39, 0.29) is 0 Å². The van der Waals surface area contributed by atoms with Gasteiger partial charge in [-0.15, -0.1) is 0 Å². The minimum atomic E-state index is 0.527. The molecule has 0 bridgehead atoms. The van der Waals surface area contributed by atoms with E-state index in [0.29, 0.717) is 6.04 Å². The van der Waals surface area contributed by atoms with Crippen LogP contribution in [0.2, 0.25) is 0 Å². The second kappa shape index (κ2) is 7.60. The van der Waals surface area contributed by atoms with E-state index in [1.165, 1.54) is 25.0 Å². The van der Waals surface area contributed by atoms with Crippen LogP contribution in [-0.4, -0.2) is 28.1 Å². The monoisotopic (exact) mass is 241 g/mol. The van der Waals surface area contributed by atoms with Crippen LogP contribution in [0, 0.1) is 0 Å². The number of imidazole rings is 1. The zero-order chi connectivity index (χ0) is 11.8. The van der Waals surface area contributed by atoms with Gasteiger partial charge in [0.2, 0.25) is 5.95 Å². The molecule has 0 saturated heterocycles. The van der Waals surface area contributed by atoms with Gasteiger partial charge in [0.15, 0.2) is 0 Å². The maximum absolute atomic E-state index is 4.36. The van der Waals surface area contributed by atoms with E-state index in [2.05, 4.69) is 41.2 Å². The molecule has 0 saturated carbocycles. The number of thioether (sulfide) groups is 1. The lowest BCUT2D eigenvalue weighted by atomic mass is 10.2. The number of hydrogen-bond donors (Lipinski definition) is 1. The number of aromatic nitrogens is 2. The first-order chi connectivity index (χ1) is 7.79. The molecule has 1 aromatic rings. The molecule has 0 aromatic carbocycles. The van der Waals surface area contributed by atoms with E-state index in [9.17, 15) is 0 Å². The first kappa shape index (κ1) is 13.4. The summed E-state index contributed by atoms with van der Waals surface area (Å²) in [6.07, 6.45) is 9.71. The Bertz CT molecular complexity index is 286. The largest absolute Gasteiger partial charge is 0.356 e. The molecule has 0 spiro atoms. The minimum Gasteiger partial charge on any atom is -0.356 e. The lowest BCUT2D eigenvalue weighted by Crippen LogP contribution is -2.12. The van der Waals surface area contributed by atoms with Gasteiger partial charge in [0.05, 0.1) is 0 Å². The molecule has 1 unspecified atom stereocenters. The summed E-state index contributed by atoms with van der Waals surface area (Å²) in [5.41, 5.74) is 0. The van der Waals surface area contributed by atoms with E-state index in [4.69, 9.17) is 0 Å². The lowest BCUT2D eigenvalue weighted by Gasteiger charge is -2.16. The maximum Gasteiger partial charge on any atom is 0.203 e. The van der Waals surface area contributed by atoms with Gasteiger partial charge < -0.3 is 9.88 Å². The van der Waals surface area contributed by atoms with E-state index in [1.54, 1.807) is 0 Å². The number of nitrogens with zero attached hydrogens (tertiary/aromatic N) is 2. The smallest absolute Gasteiger partial charge is 0.203 e. The minimum absolute atomic E-state index is 0.527. The van der Waals surface area contributed by atoms with Gasteiger partial charge in [0.25, 0.3) is 0 Å². The van der Waals surface area contributed by atoms with E-state index < -0.39 is 0 Å². The first-order valence-electron chi connectivity index (χ1n) is 6.05. The highest BCUT2D eigenvalue weighted by molar-refractivity contribution is 7.98. The van der Waals surface area contributed by atoms with Gasteiger partial charge in [-0.25, -0.2) is 4.98 Å². The van der Waals surface area contributed by atoms with Crippen molar-refractivity contribution >= 4 is 17.7 Å². The van der Waals surface area contributed by atoms with Crippen molar-refractivity contribution in [3.63, 3.8) is 0 Å². The molecular formula is C12H23N3S. The molecule has 92 valence electrons. The summed E-state index contributed by atoms with van der Waals surface area (Å²) in [6.45, 7) is 5.47. The lowest BCUT2D eigenvalue weighted by molar-refractivity contribution is 0.539. The van der Waals surface area contributed by atoms with Crippen LogP contribution in [0.5, 0.6) is 0 Å². The Morgan fingerprint density at radius 2 is 2.38 bits per heavy atom. The number of anilines is 1. The third kappa shape index (κ3) is 4.08. The van der Waals surface area contributed by atoms with E-state index in [1.807, 2.05) is 18.0 Å². The molecule has 1 N–H and O–H groups in total. The second-order valence-electron chi connectivity index (χ2n) is 4.07. The highest BCUT2D eigenvalue weighted by Gasteiger charge is 2.08. The number of nitrogens with one attached hydrogen (secondary N) is 1. The molecule has 0 fully saturated rings. The van der Waals surface area contributed by atoms with Gasteiger partial charge in [-0.3, -0.25) is 0 Å². The van der Waals surface area contributed by atoms with E-state index >= 15 is 0 Å². The molecule has 16 heavy (non-hydrogen) atoms. The Hall–Kier alpha value is -0.640. The van der Waals surface area contributed by atoms with Crippen molar-refractivity contribution in [2.75, 3.05) is 23.9 Å². The van der Waals surface area contributed by atoms with Crippen LogP contribution in [0.1, 0.15) is 39.2 Å². The summed E-state index contributed by atoms with van der Waals surface area (Å²) in [7, 11) is 0. The van der Waals surface area contributed by atoms with Crippen molar-refractivity contribution in [2.24, 2.45) is 0 Å². The fraction of sp³-hybridized carbons (Fsp3) is 0.750. The summed E-state index contributed by atoms with van der Waals surface area (Å²) in [4.78, 5) is 4.36. The average Bonchev–Trinajstić information content (AvgIpc) is 2.74. The fourth-order valence-corrected chi connectivity index (χ4v) is 2.19. The standard InChI is InChI=1S/C12H23N3S/c1-4-5-7-13-12-14-8-9-15(12)11(2)6-10-16-3/h8-9,11H,4-7,10H2,1-3H3,(H,13,14). The van der Waals surface area contributed by atoms with Gasteiger partial charge in [-0.05, 0) is 31.8 Å².